The van der Waals surface area contributed by atoms with E-state index in [1.165, 1.54) is 17.5 Å². The predicted octanol–water partition coefficient (Wildman–Crippen LogP) is 3.88. The van der Waals surface area contributed by atoms with E-state index in [1.807, 2.05) is 0 Å². The summed E-state index contributed by atoms with van der Waals surface area (Å²) in [7, 11) is 0. The molecule has 21 heavy (non-hydrogen) atoms. The van der Waals surface area contributed by atoms with Gasteiger partial charge in [-0.3, -0.25) is 9.69 Å². The van der Waals surface area contributed by atoms with Gasteiger partial charge in [0.2, 0.25) is 0 Å². The fourth-order valence-electron chi connectivity index (χ4n) is 3.55. The van der Waals surface area contributed by atoms with Crippen molar-refractivity contribution < 1.29 is 9.90 Å². The van der Waals surface area contributed by atoms with E-state index in [9.17, 15) is 4.79 Å². The maximum Gasteiger partial charge on any atom is 0.303 e. The molecule has 1 heterocycles. The first-order valence-electron chi connectivity index (χ1n) is 8.00. The van der Waals surface area contributed by atoms with Crippen molar-refractivity contribution >= 4 is 5.97 Å². The van der Waals surface area contributed by atoms with Crippen LogP contribution in [0.15, 0.2) is 24.3 Å². The molecule has 1 saturated heterocycles. The summed E-state index contributed by atoms with van der Waals surface area (Å²) in [5.74, 6) is 0.0854. The first kappa shape index (κ1) is 16.0. The summed E-state index contributed by atoms with van der Waals surface area (Å²) < 4.78 is 0. The third-order valence-corrected chi connectivity index (χ3v) is 4.98. The number of carbonyl (C=O) groups is 1. The van der Waals surface area contributed by atoms with Gasteiger partial charge in [-0.1, -0.05) is 31.2 Å². The van der Waals surface area contributed by atoms with Crippen LogP contribution in [0, 0.1) is 18.8 Å². The van der Waals surface area contributed by atoms with Gasteiger partial charge >= 0.3 is 5.97 Å². The topological polar surface area (TPSA) is 40.5 Å². The summed E-state index contributed by atoms with van der Waals surface area (Å²) in [4.78, 5) is 13.4. The number of aliphatic carboxylic acids is 1. The fourth-order valence-corrected chi connectivity index (χ4v) is 3.55. The number of likely N-dealkylation sites (tertiary alicyclic amines) is 1. The Morgan fingerprint density at radius 1 is 1.38 bits per heavy atom. The zero-order valence-corrected chi connectivity index (χ0v) is 13.4. The van der Waals surface area contributed by atoms with Crippen LogP contribution in [0.2, 0.25) is 0 Å². The van der Waals surface area contributed by atoms with E-state index in [4.69, 9.17) is 5.11 Å². The van der Waals surface area contributed by atoms with Crippen molar-refractivity contribution in [1.82, 2.24) is 4.90 Å². The molecule has 0 radical (unpaired) electrons. The number of piperidine rings is 1. The van der Waals surface area contributed by atoms with Crippen LogP contribution in [0.5, 0.6) is 0 Å². The van der Waals surface area contributed by atoms with Gasteiger partial charge < -0.3 is 5.11 Å². The van der Waals surface area contributed by atoms with Gasteiger partial charge in [0.25, 0.3) is 0 Å². The highest BCUT2D eigenvalue weighted by Crippen LogP contribution is 2.32. The molecule has 0 aromatic heterocycles. The minimum absolute atomic E-state index is 0.259. The second-order valence-electron chi connectivity index (χ2n) is 6.50. The van der Waals surface area contributed by atoms with Crippen molar-refractivity contribution in [2.45, 2.75) is 46.1 Å². The van der Waals surface area contributed by atoms with Crippen LogP contribution in [-0.4, -0.2) is 29.1 Å². The van der Waals surface area contributed by atoms with Gasteiger partial charge in [-0.05, 0) is 56.2 Å². The molecule has 1 aromatic carbocycles. The lowest BCUT2D eigenvalue weighted by Gasteiger charge is -2.39. The molecular formula is C18H27NO2. The number of nitrogens with zero attached hydrogens (tertiary/aromatic N) is 1. The van der Waals surface area contributed by atoms with Crippen LogP contribution in [-0.2, 0) is 4.79 Å². The summed E-state index contributed by atoms with van der Waals surface area (Å²) in [6.45, 7) is 8.66. The van der Waals surface area contributed by atoms with Crippen LogP contribution < -0.4 is 0 Å². The molecule has 1 aromatic rings. The van der Waals surface area contributed by atoms with Gasteiger partial charge in [-0.15, -0.1) is 0 Å². The van der Waals surface area contributed by atoms with Gasteiger partial charge in [-0.25, -0.2) is 0 Å². The van der Waals surface area contributed by atoms with E-state index >= 15 is 0 Å². The second-order valence-corrected chi connectivity index (χ2v) is 6.50. The van der Waals surface area contributed by atoms with Crippen LogP contribution in [0.4, 0.5) is 0 Å². The first-order valence-corrected chi connectivity index (χ1v) is 8.00. The molecule has 1 aliphatic heterocycles. The molecule has 0 aliphatic carbocycles. The number of aryl methyl sites for hydroxylation is 1. The van der Waals surface area contributed by atoms with Crippen molar-refractivity contribution in [3.63, 3.8) is 0 Å². The highest BCUT2D eigenvalue weighted by Gasteiger charge is 2.28. The molecule has 1 fully saturated rings. The molecule has 1 aliphatic rings. The number of carboxylic acids is 1. The quantitative estimate of drug-likeness (QED) is 0.894. The number of carboxylic acid groups (broad SMARTS) is 1. The van der Waals surface area contributed by atoms with Crippen LogP contribution in [0.25, 0.3) is 0 Å². The minimum atomic E-state index is -0.674. The summed E-state index contributed by atoms with van der Waals surface area (Å²) in [6.07, 6.45) is 2.62. The molecular weight excluding hydrogens is 262 g/mol. The van der Waals surface area contributed by atoms with Crippen molar-refractivity contribution in [2.24, 2.45) is 11.8 Å². The molecule has 2 rings (SSSR count). The molecule has 3 atom stereocenters. The number of benzene rings is 1. The van der Waals surface area contributed by atoms with E-state index in [0.29, 0.717) is 12.0 Å². The zero-order valence-electron chi connectivity index (χ0n) is 13.4. The molecule has 3 unspecified atom stereocenters. The maximum atomic E-state index is 10.9. The maximum absolute atomic E-state index is 10.9. The monoisotopic (exact) mass is 289 g/mol. The summed E-state index contributed by atoms with van der Waals surface area (Å²) in [5, 5.41) is 8.99. The normalized spacial score (nSPS) is 22.7. The molecule has 1 N–H and O–H groups in total. The van der Waals surface area contributed by atoms with Crippen LogP contribution in [0.1, 0.15) is 50.3 Å². The zero-order chi connectivity index (χ0) is 15.4. The van der Waals surface area contributed by atoms with Crippen LogP contribution >= 0.6 is 0 Å². The average Bonchev–Trinajstić information content (AvgIpc) is 2.46. The SMILES string of the molecule is Cc1ccccc1C(C)N1CCCC(C(C)CC(=O)O)C1. The van der Waals surface area contributed by atoms with E-state index in [-0.39, 0.29) is 12.3 Å². The van der Waals surface area contributed by atoms with Crippen molar-refractivity contribution in [2.75, 3.05) is 13.1 Å². The third-order valence-electron chi connectivity index (χ3n) is 4.98. The van der Waals surface area contributed by atoms with Crippen molar-refractivity contribution in [3.8, 4) is 0 Å². The Bertz CT molecular complexity index is 486. The molecule has 0 spiro atoms. The smallest absolute Gasteiger partial charge is 0.303 e. The van der Waals surface area contributed by atoms with Crippen molar-refractivity contribution in [1.29, 1.82) is 0 Å². The second kappa shape index (κ2) is 7.08. The van der Waals surface area contributed by atoms with E-state index < -0.39 is 5.97 Å². The molecule has 0 amide bonds. The lowest BCUT2D eigenvalue weighted by Crippen LogP contribution is -2.39. The van der Waals surface area contributed by atoms with Gasteiger partial charge in [0.05, 0.1) is 0 Å². The molecule has 116 valence electrons. The first-order chi connectivity index (χ1) is 9.99. The van der Waals surface area contributed by atoms with Gasteiger partial charge in [0.15, 0.2) is 0 Å². The number of hydrogen-bond acceptors (Lipinski definition) is 2. The highest BCUT2D eigenvalue weighted by molar-refractivity contribution is 5.67. The van der Waals surface area contributed by atoms with Gasteiger partial charge in [0, 0.05) is 19.0 Å². The number of hydrogen-bond donors (Lipinski definition) is 1. The Kier molecular flexibility index (Phi) is 5.40. The van der Waals surface area contributed by atoms with Crippen molar-refractivity contribution in [3.05, 3.63) is 35.4 Å². The van der Waals surface area contributed by atoms with E-state index in [0.717, 1.165) is 19.5 Å². The van der Waals surface area contributed by atoms with Gasteiger partial charge in [0.1, 0.15) is 0 Å². The molecule has 3 nitrogen and oxygen atoms in total. The minimum Gasteiger partial charge on any atom is -0.481 e. The summed E-state index contributed by atoms with van der Waals surface area (Å²) >= 11 is 0. The standard InChI is InChI=1S/C18H27NO2/c1-13-7-4-5-9-17(13)15(3)19-10-6-8-16(12-19)14(2)11-18(20)21/h4-5,7,9,14-16H,6,8,10-12H2,1-3H3,(H,20,21). The Morgan fingerprint density at radius 3 is 2.76 bits per heavy atom. The Labute approximate surface area is 128 Å². The van der Waals surface area contributed by atoms with E-state index in [1.54, 1.807) is 0 Å². The molecule has 0 saturated carbocycles. The van der Waals surface area contributed by atoms with E-state index in [2.05, 4.69) is 49.9 Å². The molecule has 3 heteroatoms. The molecule has 0 bridgehead atoms. The average molecular weight is 289 g/mol. The fraction of sp³-hybridized carbons (Fsp3) is 0.611. The number of rotatable bonds is 5. The Morgan fingerprint density at radius 2 is 2.10 bits per heavy atom. The van der Waals surface area contributed by atoms with Crippen LogP contribution in [0.3, 0.4) is 0 Å². The third kappa shape index (κ3) is 4.07. The Balaban J connectivity index is 2.03. The highest BCUT2D eigenvalue weighted by atomic mass is 16.4. The summed E-state index contributed by atoms with van der Waals surface area (Å²) in [5.41, 5.74) is 2.73. The lowest BCUT2D eigenvalue weighted by molar-refractivity contribution is -0.138. The lowest BCUT2D eigenvalue weighted by atomic mass is 9.84. The summed E-state index contributed by atoms with van der Waals surface area (Å²) in [6, 6.07) is 8.98. The Hall–Kier alpha value is -1.35. The largest absolute Gasteiger partial charge is 0.481 e. The predicted molar refractivity (Wildman–Crippen MR) is 85.3 cm³/mol. The van der Waals surface area contributed by atoms with Gasteiger partial charge in [-0.2, -0.15) is 0 Å².